The molecule has 2 aromatic carbocycles. The van der Waals surface area contributed by atoms with Gasteiger partial charge in [-0.3, -0.25) is 9.36 Å². The van der Waals surface area contributed by atoms with Crippen LogP contribution in [-0.4, -0.2) is 52.0 Å². The summed E-state index contributed by atoms with van der Waals surface area (Å²) in [6.07, 6.45) is 2.67. The molecule has 1 aromatic heterocycles. The molecule has 0 aliphatic rings. The maximum absolute atomic E-state index is 12.4. The van der Waals surface area contributed by atoms with Crippen molar-refractivity contribution in [1.29, 1.82) is 0 Å². The van der Waals surface area contributed by atoms with Crippen LogP contribution in [0.5, 0.6) is 0 Å². The molecule has 0 saturated carbocycles. The minimum atomic E-state index is -0.0642. The van der Waals surface area contributed by atoms with E-state index < -0.39 is 0 Å². The molecule has 0 bridgehead atoms. The number of nitrogens with one attached hydrogen (secondary N) is 1. The summed E-state index contributed by atoms with van der Waals surface area (Å²) in [6, 6.07) is 14.2. The maximum Gasteiger partial charge on any atom is 0.234 e. The van der Waals surface area contributed by atoms with Crippen LogP contribution in [0, 0.1) is 13.8 Å². The molecule has 1 N–H and O–H groups in total. The molecule has 0 atom stereocenters. The fourth-order valence-corrected chi connectivity index (χ4v) is 3.54. The Balaban J connectivity index is 1.56. The normalized spacial score (nSPS) is 11.1. The van der Waals surface area contributed by atoms with E-state index in [0.717, 1.165) is 24.3 Å². The Morgan fingerprint density at radius 1 is 1.10 bits per heavy atom. The summed E-state index contributed by atoms with van der Waals surface area (Å²) in [5.74, 6) is 0.206. The van der Waals surface area contributed by atoms with Crippen molar-refractivity contribution in [2.75, 3.05) is 31.7 Å². The van der Waals surface area contributed by atoms with Crippen LogP contribution >= 0.6 is 11.8 Å². The smallest absolute Gasteiger partial charge is 0.234 e. The van der Waals surface area contributed by atoms with Gasteiger partial charge in [0.15, 0.2) is 5.16 Å². The number of amides is 1. The number of benzene rings is 2. The van der Waals surface area contributed by atoms with Gasteiger partial charge in [0.25, 0.3) is 0 Å². The van der Waals surface area contributed by atoms with Gasteiger partial charge in [-0.1, -0.05) is 30.0 Å². The zero-order chi connectivity index (χ0) is 20.8. The van der Waals surface area contributed by atoms with Crippen molar-refractivity contribution in [2.24, 2.45) is 0 Å². The number of hydrogen-bond acceptors (Lipinski definition) is 5. The van der Waals surface area contributed by atoms with Crippen molar-refractivity contribution < 1.29 is 4.79 Å². The van der Waals surface area contributed by atoms with Crippen molar-refractivity contribution in [3.8, 4) is 5.69 Å². The van der Waals surface area contributed by atoms with Crippen molar-refractivity contribution >= 4 is 23.4 Å². The van der Waals surface area contributed by atoms with Gasteiger partial charge in [-0.2, -0.15) is 0 Å². The second-order valence-corrected chi connectivity index (χ2v) is 8.28. The van der Waals surface area contributed by atoms with Gasteiger partial charge < -0.3 is 10.2 Å². The predicted octanol–water partition coefficient (Wildman–Crippen LogP) is 3.72. The van der Waals surface area contributed by atoms with Gasteiger partial charge in [0.2, 0.25) is 5.91 Å². The average Bonchev–Trinajstić information content (AvgIpc) is 3.16. The molecule has 0 unspecified atom stereocenters. The molecule has 3 rings (SSSR count). The topological polar surface area (TPSA) is 63.1 Å². The second-order valence-electron chi connectivity index (χ2n) is 7.34. The molecule has 6 nitrogen and oxygen atoms in total. The van der Waals surface area contributed by atoms with Gasteiger partial charge >= 0.3 is 0 Å². The maximum atomic E-state index is 12.4. The quantitative estimate of drug-likeness (QED) is 0.575. The zero-order valence-electron chi connectivity index (χ0n) is 17.3. The number of hydrogen-bond donors (Lipinski definition) is 1. The monoisotopic (exact) mass is 409 g/mol. The first-order chi connectivity index (χ1) is 13.9. The number of likely N-dealkylation sites (N-methyl/N-ethyl adjacent to an activating group) is 1. The van der Waals surface area contributed by atoms with E-state index in [-0.39, 0.29) is 11.7 Å². The standard InChI is InChI=1S/C22H27N5OS/c1-16-5-10-20(13-17(16)2)27-15-23-25-22(27)29-14-21(28)24-19-8-6-18(7-9-19)11-12-26(3)4/h5-10,13,15H,11-12,14H2,1-4H3,(H,24,28). The van der Waals surface area contributed by atoms with E-state index in [4.69, 9.17) is 0 Å². The highest BCUT2D eigenvalue weighted by Crippen LogP contribution is 2.21. The molecule has 1 heterocycles. The number of anilines is 1. The van der Waals surface area contributed by atoms with Gasteiger partial charge in [-0.25, -0.2) is 0 Å². The molecule has 1 amide bonds. The van der Waals surface area contributed by atoms with Crippen LogP contribution in [0.3, 0.4) is 0 Å². The molecule has 0 aliphatic carbocycles. The summed E-state index contributed by atoms with van der Waals surface area (Å²) in [4.78, 5) is 14.5. The highest BCUT2D eigenvalue weighted by Gasteiger charge is 2.11. The fourth-order valence-electron chi connectivity index (χ4n) is 2.81. The lowest BCUT2D eigenvalue weighted by Crippen LogP contribution is -2.15. The molecular formula is C22H27N5OS. The Morgan fingerprint density at radius 3 is 2.55 bits per heavy atom. The van der Waals surface area contributed by atoms with Crippen molar-refractivity contribution in [2.45, 2.75) is 25.4 Å². The first-order valence-electron chi connectivity index (χ1n) is 9.56. The molecule has 152 valence electrons. The SMILES string of the molecule is Cc1ccc(-n2cnnc2SCC(=O)Nc2ccc(CCN(C)C)cc2)cc1C. The van der Waals surface area contributed by atoms with Crippen molar-refractivity contribution in [3.05, 3.63) is 65.5 Å². The Morgan fingerprint density at radius 2 is 1.86 bits per heavy atom. The number of thioether (sulfide) groups is 1. The molecule has 0 saturated heterocycles. The first-order valence-corrected chi connectivity index (χ1v) is 10.5. The lowest BCUT2D eigenvalue weighted by atomic mass is 10.1. The predicted molar refractivity (Wildman–Crippen MR) is 119 cm³/mol. The highest BCUT2D eigenvalue weighted by atomic mass is 32.2. The van der Waals surface area contributed by atoms with E-state index >= 15 is 0 Å². The zero-order valence-corrected chi connectivity index (χ0v) is 18.2. The van der Waals surface area contributed by atoms with E-state index in [1.807, 2.05) is 22.8 Å². The molecule has 7 heteroatoms. The van der Waals surface area contributed by atoms with Crippen LogP contribution in [0.2, 0.25) is 0 Å². The molecule has 29 heavy (non-hydrogen) atoms. The number of carbonyl (C=O) groups is 1. The van der Waals surface area contributed by atoms with E-state index in [2.05, 4.69) is 72.6 Å². The van der Waals surface area contributed by atoms with E-state index in [1.165, 1.54) is 28.5 Å². The number of nitrogens with zero attached hydrogens (tertiary/aromatic N) is 4. The van der Waals surface area contributed by atoms with E-state index in [0.29, 0.717) is 5.16 Å². The Hall–Kier alpha value is -2.64. The van der Waals surface area contributed by atoms with Crippen LogP contribution in [0.25, 0.3) is 5.69 Å². The van der Waals surface area contributed by atoms with E-state index in [1.54, 1.807) is 6.33 Å². The number of aromatic nitrogens is 3. The lowest BCUT2D eigenvalue weighted by Gasteiger charge is -2.10. The lowest BCUT2D eigenvalue weighted by molar-refractivity contribution is -0.113. The van der Waals surface area contributed by atoms with Crippen LogP contribution in [0.15, 0.2) is 53.9 Å². The van der Waals surface area contributed by atoms with Gasteiger partial charge in [0, 0.05) is 17.9 Å². The Bertz CT molecular complexity index is 966. The van der Waals surface area contributed by atoms with Gasteiger partial charge in [-0.15, -0.1) is 10.2 Å². The Kier molecular flexibility index (Phi) is 7.06. The molecule has 0 radical (unpaired) electrons. The number of aryl methyl sites for hydroxylation is 2. The fraction of sp³-hybridized carbons (Fsp3) is 0.318. The van der Waals surface area contributed by atoms with Crippen LogP contribution in [-0.2, 0) is 11.2 Å². The largest absolute Gasteiger partial charge is 0.325 e. The minimum absolute atomic E-state index is 0.0642. The number of rotatable bonds is 8. The summed E-state index contributed by atoms with van der Waals surface area (Å²) < 4.78 is 1.91. The molecule has 0 spiro atoms. The van der Waals surface area contributed by atoms with Gasteiger partial charge in [0.1, 0.15) is 6.33 Å². The number of carbonyl (C=O) groups excluding carboxylic acids is 1. The third kappa shape index (κ3) is 5.92. The van der Waals surface area contributed by atoms with E-state index in [9.17, 15) is 4.79 Å². The third-order valence-corrected chi connectivity index (χ3v) is 5.65. The van der Waals surface area contributed by atoms with Crippen molar-refractivity contribution in [1.82, 2.24) is 19.7 Å². The average molecular weight is 410 g/mol. The summed E-state index contributed by atoms with van der Waals surface area (Å²) in [5.41, 5.74) is 5.50. The molecule has 0 fully saturated rings. The second kappa shape index (κ2) is 9.71. The van der Waals surface area contributed by atoms with Crippen LogP contribution in [0.1, 0.15) is 16.7 Å². The third-order valence-electron chi connectivity index (χ3n) is 4.70. The highest BCUT2D eigenvalue weighted by molar-refractivity contribution is 7.99. The summed E-state index contributed by atoms with van der Waals surface area (Å²) in [7, 11) is 4.13. The summed E-state index contributed by atoms with van der Waals surface area (Å²) >= 11 is 1.37. The summed E-state index contributed by atoms with van der Waals surface area (Å²) in [5, 5.41) is 11.8. The van der Waals surface area contributed by atoms with Crippen LogP contribution in [0.4, 0.5) is 5.69 Å². The van der Waals surface area contributed by atoms with Gasteiger partial charge in [-0.05, 0) is 75.3 Å². The molecular weight excluding hydrogens is 382 g/mol. The van der Waals surface area contributed by atoms with Crippen LogP contribution < -0.4 is 5.32 Å². The first kappa shape index (κ1) is 21.1. The Labute approximate surface area is 176 Å². The molecule has 0 aliphatic heterocycles. The van der Waals surface area contributed by atoms with Crippen molar-refractivity contribution in [3.63, 3.8) is 0 Å². The van der Waals surface area contributed by atoms with Gasteiger partial charge in [0.05, 0.1) is 5.75 Å². The minimum Gasteiger partial charge on any atom is -0.325 e. The molecule has 3 aromatic rings. The summed E-state index contributed by atoms with van der Waals surface area (Å²) in [6.45, 7) is 5.17.